The molecule has 1 saturated heterocycles. The first-order chi connectivity index (χ1) is 7.25. The number of hydrogen-bond acceptors (Lipinski definition) is 2. The van der Waals surface area contributed by atoms with E-state index in [0.29, 0.717) is 6.04 Å². The first-order valence-electron chi connectivity index (χ1n) is 4.93. The highest BCUT2D eigenvalue weighted by Crippen LogP contribution is 2.18. The molecule has 2 rings (SSSR count). The second-order valence-electron chi connectivity index (χ2n) is 3.57. The minimum Gasteiger partial charge on any atom is -0.362 e. The highest BCUT2D eigenvalue weighted by molar-refractivity contribution is 9.10. The van der Waals surface area contributed by atoms with E-state index in [2.05, 4.69) is 39.2 Å². The topological polar surface area (TPSA) is 24.4 Å². The summed E-state index contributed by atoms with van der Waals surface area (Å²) in [6.45, 7) is 2.91. The maximum Gasteiger partial charge on any atom is 0.157 e. The molecule has 80 valence electrons. The minimum absolute atomic E-state index is 0.549. The van der Waals surface area contributed by atoms with Crippen LogP contribution in [0.2, 0.25) is 0 Å². The smallest absolute Gasteiger partial charge is 0.157 e. The lowest BCUT2D eigenvalue weighted by Gasteiger charge is -2.02. The lowest BCUT2D eigenvalue weighted by atomic mass is 10.2. The molecule has 4 heteroatoms. The quantitative estimate of drug-likeness (QED) is 0.903. The molecule has 1 aromatic carbocycles. The molecule has 0 radical (unpaired) electrons. The monoisotopic (exact) mass is 284 g/mol. The molecule has 1 aliphatic rings. The number of benzene rings is 1. The van der Waals surface area contributed by atoms with Crippen LogP contribution >= 0.6 is 27.7 Å². The van der Waals surface area contributed by atoms with Crippen molar-refractivity contribution < 1.29 is 0 Å². The summed E-state index contributed by atoms with van der Waals surface area (Å²) in [6.07, 6.45) is 0. The fourth-order valence-electron chi connectivity index (χ4n) is 1.37. The SMILES string of the molecule is CC1CSC(=NCc2ccccc2Br)N1. The first kappa shape index (κ1) is 11.0. The molecule has 2 nitrogen and oxygen atoms in total. The lowest BCUT2D eigenvalue weighted by Crippen LogP contribution is -2.23. The zero-order valence-corrected chi connectivity index (χ0v) is 10.9. The average Bonchev–Trinajstić information content (AvgIpc) is 2.63. The van der Waals surface area contributed by atoms with Crippen molar-refractivity contribution in [2.24, 2.45) is 4.99 Å². The third kappa shape index (κ3) is 2.98. The summed E-state index contributed by atoms with van der Waals surface area (Å²) in [5.74, 6) is 1.12. The van der Waals surface area contributed by atoms with Gasteiger partial charge in [0.05, 0.1) is 6.54 Å². The molecule has 0 saturated carbocycles. The van der Waals surface area contributed by atoms with Gasteiger partial charge in [-0.15, -0.1) is 0 Å². The van der Waals surface area contributed by atoms with Crippen molar-refractivity contribution in [2.45, 2.75) is 19.5 Å². The number of halogens is 1. The normalized spacial score (nSPS) is 23.1. The standard InChI is InChI=1S/C11H13BrN2S/c1-8-7-15-11(14-8)13-6-9-4-2-3-5-10(9)12/h2-5,8H,6-7H2,1H3,(H,13,14). The van der Waals surface area contributed by atoms with Gasteiger partial charge in [-0.25, -0.2) is 0 Å². The van der Waals surface area contributed by atoms with Crippen LogP contribution in [0.25, 0.3) is 0 Å². The number of hydrogen-bond donors (Lipinski definition) is 1. The second-order valence-corrected chi connectivity index (χ2v) is 5.43. The van der Waals surface area contributed by atoms with E-state index in [1.165, 1.54) is 5.56 Å². The van der Waals surface area contributed by atoms with Gasteiger partial charge in [0.2, 0.25) is 0 Å². The van der Waals surface area contributed by atoms with Crippen molar-refractivity contribution in [1.82, 2.24) is 5.32 Å². The van der Waals surface area contributed by atoms with Crippen LogP contribution in [0, 0.1) is 0 Å². The Morgan fingerprint density at radius 3 is 3.00 bits per heavy atom. The van der Waals surface area contributed by atoms with E-state index in [1.54, 1.807) is 11.8 Å². The van der Waals surface area contributed by atoms with Gasteiger partial charge in [0.1, 0.15) is 0 Å². The van der Waals surface area contributed by atoms with Crippen LogP contribution in [0.1, 0.15) is 12.5 Å². The van der Waals surface area contributed by atoms with Gasteiger partial charge in [0.15, 0.2) is 5.17 Å². The highest BCUT2D eigenvalue weighted by Gasteiger charge is 2.14. The molecule has 15 heavy (non-hydrogen) atoms. The Morgan fingerprint density at radius 1 is 1.53 bits per heavy atom. The van der Waals surface area contributed by atoms with Crippen molar-refractivity contribution in [2.75, 3.05) is 5.75 Å². The Labute approximate surface area is 103 Å². The molecule has 1 aromatic rings. The van der Waals surface area contributed by atoms with Gasteiger partial charge in [-0.05, 0) is 18.6 Å². The summed E-state index contributed by atoms with van der Waals surface area (Å²) in [5.41, 5.74) is 1.23. The lowest BCUT2D eigenvalue weighted by molar-refractivity contribution is 0.764. The van der Waals surface area contributed by atoms with Crippen LogP contribution in [0.4, 0.5) is 0 Å². The Balaban J connectivity index is 2.01. The first-order valence-corrected chi connectivity index (χ1v) is 6.71. The van der Waals surface area contributed by atoms with Gasteiger partial charge >= 0.3 is 0 Å². The molecule has 1 atom stereocenters. The van der Waals surface area contributed by atoms with E-state index in [1.807, 2.05) is 18.2 Å². The Morgan fingerprint density at radius 2 is 2.33 bits per heavy atom. The van der Waals surface area contributed by atoms with E-state index in [9.17, 15) is 0 Å². The van der Waals surface area contributed by atoms with E-state index in [4.69, 9.17) is 0 Å². The van der Waals surface area contributed by atoms with Gasteiger partial charge in [0, 0.05) is 16.3 Å². The molecule has 1 aliphatic heterocycles. The zero-order valence-electron chi connectivity index (χ0n) is 8.53. The fraction of sp³-hybridized carbons (Fsp3) is 0.364. The van der Waals surface area contributed by atoms with Crippen molar-refractivity contribution in [3.05, 3.63) is 34.3 Å². The molecule has 0 amide bonds. The maximum atomic E-state index is 4.54. The molecule has 1 unspecified atom stereocenters. The summed E-state index contributed by atoms with van der Waals surface area (Å²) in [4.78, 5) is 4.54. The molecular weight excluding hydrogens is 272 g/mol. The molecule has 0 aliphatic carbocycles. The Kier molecular flexibility index (Phi) is 3.70. The van der Waals surface area contributed by atoms with Crippen LogP contribution in [0.3, 0.4) is 0 Å². The Hall–Kier alpha value is -0.480. The van der Waals surface area contributed by atoms with Gasteiger partial charge < -0.3 is 5.32 Å². The van der Waals surface area contributed by atoms with Crippen LogP contribution in [0.15, 0.2) is 33.7 Å². The summed E-state index contributed by atoms with van der Waals surface area (Å²) in [6, 6.07) is 8.75. The van der Waals surface area contributed by atoms with Crippen LogP contribution in [0.5, 0.6) is 0 Å². The van der Waals surface area contributed by atoms with E-state index < -0.39 is 0 Å². The number of thioether (sulfide) groups is 1. The molecule has 1 heterocycles. The van der Waals surface area contributed by atoms with Crippen molar-refractivity contribution in [3.8, 4) is 0 Å². The Bertz CT molecular complexity index is 379. The zero-order chi connectivity index (χ0) is 10.7. The van der Waals surface area contributed by atoms with Gasteiger partial charge in [-0.1, -0.05) is 45.9 Å². The van der Waals surface area contributed by atoms with Crippen molar-refractivity contribution in [1.29, 1.82) is 0 Å². The number of aliphatic imine (C=N–C) groups is 1. The fourth-order valence-corrected chi connectivity index (χ4v) is 2.71. The number of nitrogens with zero attached hydrogens (tertiary/aromatic N) is 1. The summed E-state index contributed by atoms with van der Waals surface area (Å²) < 4.78 is 1.13. The van der Waals surface area contributed by atoms with Gasteiger partial charge in [-0.3, -0.25) is 4.99 Å². The third-order valence-electron chi connectivity index (χ3n) is 2.19. The number of nitrogens with one attached hydrogen (secondary N) is 1. The van der Waals surface area contributed by atoms with Crippen LogP contribution in [-0.2, 0) is 6.54 Å². The van der Waals surface area contributed by atoms with E-state index in [-0.39, 0.29) is 0 Å². The molecular formula is C11H13BrN2S. The molecule has 1 fully saturated rings. The van der Waals surface area contributed by atoms with E-state index in [0.717, 1.165) is 21.9 Å². The molecule has 0 bridgehead atoms. The second kappa shape index (κ2) is 5.03. The average molecular weight is 285 g/mol. The third-order valence-corrected chi connectivity index (χ3v) is 4.15. The van der Waals surface area contributed by atoms with Crippen molar-refractivity contribution >= 4 is 32.9 Å². The summed E-state index contributed by atoms with van der Waals surface area (Å²) in [5, 5.41) is 4.41. The maximum absolute atomic E-state index is 4.54. The largest absolute Gasteiger partial charge is 0.362 e. The predicted molar refractivity (Wildman–Crippen MR) is 70.3 cm³/mol. The predicted octanol–water partition coefficient (Wildman–Crippen LogP) is 3.03. The highest BCUT2D eigenvalue weighted by atomic mass is 79.9. The van der Waals surface area contributed by atoms with Crippen molar-refractivity contribution in [3.63, 3.8) is 0 Å². The molecule has 0 aromatic heterocycles. The van der Waals surface area contributed by atoms with E-state index >= 15 is 0 Å². The van der Waals surface area contributed by atoms with Crippen LogP contribution < -0.4 is 5.32 Å². The summed E-state index contributed by atoms with van der Waals surface area (Å²) in [7, 11) is 0. The van der Waals surface area contributed by atoms with Crippen LogP contribution in [-0.4, -0.2) is 17.0 Å². The number of amidine groups is 1. The molecule has 0 spiro atoms. The van der Waals surface area contributed by atoms with Gasteiger partial charge in [-0.2, -0.15) is 0 Å². The minimum atomic E-state index is 0.549. The van der Waals surface area contributed by atoms with Gasteiger partial charge in [0.25, 0.3) is 0 Å². The number of rotatable bonds is 2. The molecule has 1 N–H and O–H groups in total. The summed E-state index contributed by atoms with van der Waals surface area (Å²) >= 11 is 5.32.